The molecule has 4 atom stereocenters. The molecular formula is C10H18O8. The van der Waals surface area contributed by atoms with Gasteiger partial charge in [-0.3, -0.25) is 9.59 Å². The van der Waals surface area contributed by atoms with Crippen LogP contribution in [0.25, 0.3) is 0 Å². The van der Waals surface area contributed by atoms with Gasteiger partial charge in [0.25, 0.3) is 0 Å². The van der Waals surface area contributed by atoms with E-state index in [1.165, 1.54) is 0 Å². The van der Waals surface area contributed by atoms with Gasteiger partial charge >= 0.3 is 11.9 Å². The summed E-state index contributed by atoms with van der Waals surface area (Å²) < 4.78 is 9.05. The fourth-order valence-corrected chi connectivity index (χ4v) is 1.19. The van der Waals surface area contributed by atoms with Crippen molar-refractivity contribution in [3.8, 4) is 0 Å². The number of aliphatic hydroxyl groups excluding tert-OH is 4. The maximum absolute atomic E-state index is 10.8. The third-order valence-electron chi connectivity index (χ3n) is 2.06. The largest absolute Gasteiger partial charge is 0.463 e. The molecule has 0 aromatic carbocycles. The molecule has 0 heterocycles. The first-order chi connectivity index (χ1) is 8.29. The molecular weight excluding hydrogens is 248 g/mol. The molecule has 106 valence electrons. The topological polar surface area (TPSA) is 134 Å². The van der Waals surface area contributed by atoms with E-state index in [2.05, 4.69) is 9.47 Å². The number of carbonyl (C=O) groups is 2. The molecule has 18 heavy (non-hydrogen) atoms. The fourth-order valence-electron chi connectivity index (χ4n) is 1.19. The molecule has 0 aromatic heterocycles. The molecule has 0 fully saturated rings. The van der Waals surface area contributed by atoms with E-state index in [1.54, 1.807) is 0 Å². The van der Waals surface area contributed by atoms with Crippen LogP contribution >= 0.6 is 0 Å². The summed E-state index contributed by atoms with van der Waals surface area (Å²) in [4.78, 5) is 21.3. The highest BCUT2D eigenvalue weighted by molar-refractivity contribution is 5.66. The van der Waals surface area contributed by atoms with Gasteiger partial charge in [0.2, 0.25) is 0 Å². The molecule has 4 N–H and O–H groups in total. The standard InChI is InChI=1S/C10H18O8/c1-5(12)17-4-8(15)9(16)10(7(14)3-11)18-6(2)13/h7-11,14-16H,3-4H2,1-2H3/t7-,8+,9+,10+/m0/s1. The molecule has 0 amide bonds. The van der Waals surface area contributed by atoms with Gasteiger partial charge in [-0.15, -0.1) is 0 Å². The Hall–Kier alpha value is -1.22. The summed E-state index contributed by atoms with van der Waals surface area (Å²) >= 11 is 0. The second-order valence-corrected chi connectivity index (χ2v) is 3.68. The first-order valence-corrected chi connectivity index (χ1v) is 5.25. The highest BCUT2D eigenvalue weighted by Crippen LogP contribution is 2.10. The number of rotatable bonds is 7. The number of esters is 2. The lowest BCUT2D eigenvalue weighted by molar-refractivity contribution is -0.177. The number of aliphatic hydroxyl groups is 4. The van der Waals surface area contributed by atoms with Crippen molar-refractivity contribution >= 4 is 11.9 Å². The van der Waals surface area contributed by atoms with Crippen molar-refractivity contribution in [1.29, 1.82) is 0 Å². The van der Waals surface area contributed by atoms with Crippen LogP contribution in [0.3, 0.4) is 0 Å². The Morgan fingerprint density at radius 1 is 1.06 bits per heavy atom. The summed E-state index contributed by atoms with van der Waals surface area (Å²) in [6.45, 7) is 0.870. The summed E-state index contributed by atoms with van der Waals surface area (Å²) in [5.74, 6) is -1.46. The van der Waals surface area contributed by atoms with Gasteiger partial charge < -0.3 is 29.9 Å². The van der Waals surface area contributed by atoms with Gasteiger partial charge in [0.1, 0.15) is 24.9 Å². The van der Waals surface area contributed by atoms with Crippen LogP contribution in [0.15, 0.2) is 0 Å². The molecule has 8 nitrogen and oxygen atoms in total. The van der Waals surface area contributed by atoms with Crippen LogP contribution < -0.4 is 0 Å². The van der Waals surface area contributed by atoms with Crippen LogP contribution in [0.4, 0.5) is 0 Å². The van der Waals surface area contributed by atoms with E-state index in [1.807, 2.05) is 0 Å². The third-order valence-corrected chi connectivity index (χ3v) is 2.06. The zero-order chi connectivity index (χ0) is 14.3. The zero-order valence-electron chi connectivity index (χ0n) is 10.1. The lowest BCUT2D eigenvalue weighted by Gasteiger charge is -2.28. The lowest BCUT2D eigenvalue weighted by Crippen LogP contribution is -2.49. The number of hydrogen-bond donors (Lipinski definition) is 4. The average Bonchev–Trinajstić information content (AvgIpc) is 2.30. The first-order valence-electron chi connectivity index (χ1n) is 5.25. The van der Waals surface area contributed by atoms with Crippen LogP contribution in [0.1, 0.15) is 13.8 Å². The Morgan fingerprint density at radius 3 is 2.00 bits per heavy atom. The summed E-state index contributed by atoms with van der Waals surface area (Å²) in [5, 5.41) is 37.2. The molecule has 0 spiro atoms. The minimum absolute atomic E-state index is 0.521. The number of hydrogen-bond acceptors (Lipinski definition) is 8. The van der Waals surface area contributed by atoms with Crippen LogP contribution in [0.5, 0.6) is 0 Å². The quantitative estimate of drug-likeness (QED) is 0.373. The van der Waals surface area contributed by atoms with E-state index in [4.69, 9.17) is 5.11 Å². The molecule has 0 aliphatic carbocycles. The van der Waals surface area contributed by atoms with Crippen LogP contribution in [-0.4, -0.2) is 70.0 Å². The summed E-state index contributed by atoms with van der Waals surface area (Å²) in [5.41, 5.74) is 0. The van der Waals surface area contributed by atoms with Crippen molar-refractivity contribution in [3.05, 3.63) is 0 Å². The molecule has 8 heteroatoms. The minimum atomic E-state index is -1.70. The van der Waals surface area contributed by atoms with E-state index in [0.717, 1.165) is 13.8 Å². The molecule has 0 aromatic rings. The van der Waals surface area contributed by atoms with E-state index in [0.29, 0.717) is 0 Å². The van der Waals surface area contributed by atoms with Gasteiger partial charge in [0.05, 0.1) is 6.61 Å². The highest BCUT2D eigenvalue weighted by atomic mass is 16.6. The third kappa shape index (κ3) is 5.92. The van der Waals surface area contributed by atoms with Gasteiger partial charge in [0, 0.05) is 13.8 Å². The van der Waals surface area contributed by atoms with Gasteiger partial charge in [0.15, 0.2) is 6.10 Å². The Bertz CT molecular complexity index is 279. The molecule has 0 aliphatic rings. The molecule has 0 unspecified atom stereocenters. The van der Waals surface area contributed by atoms with Gasteiger partial charge in [-0.1, -0.05) is 0 Å². The molecule has 0 radical (unpaired) electrons. The highest BCUT2D eigenvalue weighted by Gasteiger charge is 2.34. The number of ether oxygens (including phenoxy) is 2. The van der Waals surface area contributed by atoms with Crippen molar-refractivity contribution in [1.82, 2.24) is 0 Å². The van der Waals surface area contributed by atoms with Crippen LogP contribution in [-0.2, 0) is 19.1 Å². The smallest absolute Gasteiger partial charge is 0.303 e. The van der Waals surface area contributed by atoms with E-state index < -0.39 is 49.6 Å². The molecule has 0 saturated carbocycles. The average molecular weight is 266 g/mol. The molecule has 0 bridgehead atoms. The second-order valence-electron chi connectivity index (χ2n) is 3.68. The lowest BCUT2D eigenvalue weighted by atomic mass is 10.0. The van der Waals surface area contributed by atoms with Crippen LogP contribution in [0, 0.1) is 0 Å². The minimum Gasteiger partial charge on any atom is -0.463 e. The van der Waals surface area contributed by atoms with Gasteiger partial charge in [-0.25, -0.2) is 0 Å². The van der Waals surface area contributed by atoms with E-state index in [9.17, 15) is 24.9 Å². The van der Waals surface area contributed by atoms with Crippen molar-refractivity contribution in [2.75, 3.05) is 13.2 Å². The summed E-state index contributed by atoms with van der Waals surface area (Å²) in [7, 11) is 0. The maximum Gasteiger partial charge on any atom is 0.303 e. The zero-order valence-corrected chi connectivity index (χ0v) is 10.1. The Labute approximate surface area is 104 Å². The van der Waals surface area contributed by atoms with Gasteiger partial charge in [-0.05, 0) is 0 Å². The van der Waals surface area contributed by atoms with Crippen molar-refractivity contribution in [2.45, 2.75) is 38.3 Å². The summed E-state index contributed by atoms with van der Waals surface area (Å²) in [6, 6.07) is 0. The molecule has 0 rings (SSSR count). The molecule has 0 aliphatic heterocycles. The first kappa shape index (κ1) is 16.8. The predicted molar refractivity (Wildman–Crippen MR) is 57.3 cm³/mol. The van der Waals surface area contributed by atoms with Crippen LogP contribution in [0.2, 0.25) is 0 Å². The van der Waals surface area contributed by atoms with Gasteiger partial charge in [-0.2, -0.15) is 0 Å². The van der Waals surface area contributed by atoms with Crippen molar-refractivity contribution in [3.63, 3.8) is 0 Å². The predicted octanol–water partition coefficient (Wildman–Crippen LogP) is -2.44. The van der Waals surface area contributed by atoms with Crippen molar-refractivity contribution < 1.29 is 39.5 Å². The van der Waals surface area contributed by atoms with Crippen molar-refractivity contribution in [2.24, 2.45) is 0 Å². The molecule has 0 saturated heterocycles. The maximum atomic E-state index is 10.8. The monoisotopic (exact) mass is 266 g/mol. The normalized spacial score (nSPS) is 17.4. The Kier molecular flexibility index (Phi) is 7.44. The fraction of sp³-hybridized carbons (Fsp3) is 0.800. The second kappa shape index (κ2) is 7.98. The Morgan fingerprint density at radius 2 is 1.61 bits per heavy atom. The van der Waals surface area contributed by atoms with E-state index in [-0.39, 0.29) is 0 Å². The van der Waals surface area contributed by atoms with E-state index >= 15 is 0 Å². The Balaban J connectivity index is 4.56. The number of carbonyl (C=O) groups excluding carboxylic acids is 2. The summed E-state index contributed by atoms with van der Waals surface area (Å²) in [6.07, 6.45) is -6.33. The SMILES string of the molecule is CC(=O)OC[C@@H](O)[C@@H](O)[C@H](OC(C)=O)[C@@H](O)CO.